The smallest absolute Gasteiger partial charge is 0.211 e. The quantitative estimate of drug-likeness (QED) is 0.785. The molecule has 1 aromatic rings. The minimum atomic E-state index is -3.26. The SMILES string of the molecule is CS(=O)(=O)N1CCOC[C@]2(CN(Cc3ccco3)CCO2)C1. The predicted molar refractivity (Wildman–Crippen MR) is 79.9 cm³/mol. The summed E-state index contributed by atoms with van der Waals surface area (Å²) in [4.78, 5) is 2.22. The van der Waals surface area contributed by atoms with Crippen molar-refractivity contribution in [1.29, 1.82) is 0 Å². The monoisotopic (exact) mass is 330 g/mol. The van der Waals surface area contributed by atoms with Crippen LogP contribution in [-0.2, 0) is 26.0 Å². The van der Waals surface area contributed by atoms with Gasteiger partial charge in [-0.3, -0.25) is 4.90 Å². The van der Waals surface area contributed by atoms with Gasteiger partial charge in [0, 0.05) is 26.2 Å². The summed E-state index contributed by atoms with van der Waals surface area (Å²) in [5.41, 5.74) is -0.607. The van der Waals surface area contributed by atoms with Gasteiger partial charge in [-0.1, -0.05) is 0 Å². The van der Waals surface area contributed by atoms with Crippen molar-refractivity contribution in [1.82, 2.24) is 9.21 Å². The zero-order chi connectivity index (χ0) is 15.6. The number of furan rings is 1. The Bertz CT molecular complexity index is 588. The second-order valence-electron chi connectivity index (χ2n) is 5.97. The van der Waals surface area contributed by atoms with Gasteiger partial charge in [0.05, 0.1) is 38.9 Å². The molecule has 2 fully saturated rings. The van der Waals surface area contributed by atoms with Gasteiger partial charge in [-0.2, -0.15) is 4.31 Å². The molecule has 0 radical (unpaired) electrons. The van der Waals surface area contributed by atoms with Crippen LogP contribution in [-0.4, -0.2) is 75.5 Å². The van der Waals surface area contributed by atoms with E-state index in [0.717, 1.165) is 12.3 Å². The Balaban J connectivity index is 1.72. The Hall–Kier alpha value is -0.930. The molecule has 1 spiro atoms. The molecule has 2 aliphatic rings. The number of hydrogen-bond donors (Lipinski definition) is 0. The van der Waals surface area contributed by atoms with Crippen molar-refractivity contribution in [3.05, 3.63) is 24.2 Å². The largest absolute Gasteiger partial charge is 0.468 e. The van der Waals surface area contributed by atoms with Gasteiger partial charge >= 0.3 is 0 Å². The highest BCUT2D eigenvalue weighted by molar-refractivity contribution is 7.88. The summed E-state index contributed by atoms with van der Waals surface area (Å²) >= 11 is 0. The molecule has 2 saturated heterocycles. The maximum atomic E-state index is 11.9. The van der Waals surface area contributed by atoms with Crippen LogP contribution in [0.4, 0.5) is 0 Å². The van der Waals surface area contributed by atoms with Gasteiger partial charge < -0.3 is 13.9 Å². The summed E-state index contributed by atoms with van der Waals surface area (Å²) in [6.07, 6.45) is 2.89. The molecule has 0 unspecified atom stereocenters. The molecule has 0 bridgehead atoms. The zero-order valence-corrected chi connectivity index (χ0v) is 13.5. The lowest BCUT2D eigenvalue weighted by Gasteiger charge is -2.42. The van der Waals surface area contributed by atoms with E-state index in [0.29, 0.717) is 46.0 Å². The lowest BCUT2D eigenvalue weighted by Crippen LogP contribution is -2.58. The highest BCUT2D eigenvalue weighted by Crippen LogP contribution is 2.24. The summed E-state index contributed by atoms with van der Waals surface area (Å²) in [6.45, 7) is 4.19. The third-order valence-electron chi connectivity index (χ3n) is 4.07. The third kappa shape index (κ3) is 3.69. The van der Waals surface area contributed by atoms with Gasteiger partial charge in [0.1, 0.15) is 11.4 Å². The van der Waals surface area contributed by atoms with Crippen LogP contribution in [0, 0.1) is 0 Å². The molecule has 22 heavy (non-hydrogen) atoms. The van der Waals surface area contributed by atoms with Crippen molar-refractivity contribution in [2.45, 2.75) is 12.1 Å². The molecule has 8 heteroatoms. The van der Waals surface area contributed by atoms with E-state index < -0.39 is 15.6 Å². The van der Waals surface area contributed by atoms with Crippen LogP contribution in [0.25, 0.3) is 0 Å². The van der Waals surface area contributed by atoms with Crippen molar-refractivity contribution in [3.8, 4) is 0 Å². The van der Waals surface area contributed by atoms with Crippen LogP contribution in [0.2, 0.25) is 0 Å². The van der Waals surface area contributed by atoms with Crippen molar-refractivity contribution < 1.29 is 22.3 Å². The average Bonchev–Trinajstić information content (AvgIpc) is 2.86. The first-order chi connectivity index (χ1) is 10.5. The molecule has 0 saturated carbocycles. The van der Waals surface area contributed by atoms with E-state index >= 15 is 0 Å². The first-order valence-corrected chi connectivity index (χ1v) is 9.23. The Labute approximate surface area is 130 Å². The Morgan fingerprint density at radius 1 is 1.27 bits per heavy atom. The predicted octanol–water partition coefficient (Wildman–Crippen LogP) is 0.142. The van der Waals surface area contributed by atoms with E-state index in [2.05, 4.69) is 4.90 Å². The zero-order valence-electron chi connectivity index (χ0n) is 12.7. The molecule has 1 aromatic heterocycles. The van der Waals surface area contributed by atoms with E-state index in [1.54, 1.807) is 6.26 Å². The van der Waals surface area contributed by atoms with Crippen LogP contribution < -0.4 is 0 Å². The minimum absolute atomic E-state index is 0.334. The first-order valence-electron chi connectivity index (χ1n) is 7.38. The number of nitrogens with zero attached hydrogens (tertiary/aromatic N) is 2. The van der Waals surface area contributed by atoms with Crippen LogP contribution >= 0.6 is 0 Å². The molecular weight excluding hydrogens is 308 g/mol. The van der Waals surface area contributed by atoms with Crippen molar-refractivity contribution >= 4 is 10.0 Å². The van der Waals surface area contributed by atoms with Gasteiger partial charge in [-0.05, 0) is 12.1 Å². The second kappa shape index (κ2) is 6.29. The fourth-order valence-electron chi connectivity index (χ4n) is 3.02. The Kier molecular flexibility index (Phi) is 4.56. The summed E-state index contributed by atoms with van der Waals surface area (Å²) in [6, 6.07) is 3.81. The van der Waals surface area contributed by atoms with E-state index in [-0.39, 0.29) is 0 Å². The van der Waals surface area contributed by atoms with Gasteiger partial charge in [-0.25, -0.2) is 8.42 Å². The molecule has 3 heterocycles. The molecule has 3 rings (SSSR count). The Morgan fingerprint density at radius 2 is 2.14 bits per heavy atom. The molecule has 0 aliphatic carbocycles. The fraction of sp³-hybridized carbons (Fsp3) is 0.714. The third-order valence-corrected chi connectivity index (χ3v) is 5.32. The highest BCUT2D eigenvalue weighted by Gasteiger charge is 2.42. The second-order valence-corrected chi connectivity index (χ2v) is 7.95. The fourth-order valence-corrected chi connectivity index (χ4v) is 3.89. The molecular formula is C14H22N2O5S. The summed E-state index contributed by atoms with van der Waals surface area (Å²) in [5, 5.41) is 0. The summed E-state index contributed by atoms with van der Waals surface area (Å²) in [7, 11) is -3.26. The Morgan fingerprint density at radius 3 is 2.86 bits per heavy atom. The normalized spacial score (nSPS) is 28.8. The van der Waals surface area contributed by atoms with Gasteiger partial charge in [0.15, 0.2) is 0 Å². The van der Waals surface area contributed by atoms with E-state index in [1.807, 2.05) is 12.1 Å². The van der Waals surface area contributed by atoms with Crippen LogP contribution in [0.15, 0.2) is 22.8 Å². The number of morpholine rings is 1. The number of sulfonamides is 1. The van der Waals surface area contributed by atoms with Gasteiger partial charge in [0.25, 0.3) is 0 Å². The van der Waals surface area contributed by atoms with E-state index in [1.165, 1.54) is 10.6 Å². The van der Waals surface area contributed by atoms with E-state index in [4.69, 9.17) is 13.9 Å². The lowest BCUT2D eigenvalue weighted by molar-refractivity contribution is -0.140. The van der Waals surface area contributed by atoms with Crippen molar-refractivity contribution in [2.24, 2.45) is 0 Å². The van der Waals surface area contributed by atoms with Crippen LogP contribution in [0.1, 0.15) is 5.76 Å². The van der Waals surface area contributed by atoms with Crippen LogP contribution in [0.3, 0.4) is 0 Å². The topological polar surface area (TPSA) is 72.2 Å². The molecule has 0 aromatic carbocycles. The number of hydrogen-bond acceptors (Lipinski definition) is 6. The first kappa shape index (κ1) is 15.9. The highest BCUT2D eigenvalue weighted by atomic mass is 32.2. The van der Waals surface area contributed by atoms with Crippen molar-refractivity contribution in [2.75, 3.05) is 52.3 Å². The molecule has 0 N–H and O–H groups in total. The summed E-state index contributed by atoms with van der Waals surface area (Å²) < 4.78 is 42.2. The van der Waals surface area contributed by atoms with E-state index in [9.17, 15) is 8.42 Å². The van der Waals surface area contributed by atoms with Crippen molar-refractivity contribution in [3.63, 3.8) is 0 Å². The van der Waals surface area contributed by atoms with Gasteiger partial charge in [-0.15, -0.1) is 0 Å². The molecule has 0 amide bonds. The number of ether oxygens (including phenoxy) is 2. The average molecular weight is 330 g/mol. The lowest BCUT2D eigenvalue weighted by atomic mass is 10.0. The maximum Gasteiger partial charge on any atom is 0.211 e. The molecule has 1 atom stereocenters. The molecule has 7 nitrogen and oxygen atoms in total. The van der Waals surface area contributed by atoms with Crippen LogP contribution in [0.5, 0.6) is 0 Å². The summed E-state index contributed by atoms with van der Waals surface area (Å²) in [5.74, 6) is 0.895. The minimum Gasteiger partial charge on any atom is -0.468 e. The van der Waals surface area contributed by atoms with Gasteiger partial charge in [0.2, 0.25) is 10.0 Å². The molecule has 2 aliphatic heterocycles. The number of rotatable bonds is 3. The maximum absolute atomic E-state index is 11.9. The standard InChI is InChI=1S/C14H22N2O5S/c1-22(17,18)16-5-7-19-12-14(11-16)10-15(4-8-21-14)9-13-3-2-6-20-13/h2-3,6H,4-5,7-12H2,1H3/t14-/m0/s1. The molecule has 124 valence electrons.